The van der Waals surface area contributed by atoms with Crippen molar-refractivity contribution < 1.29 is 9.90 Å². The third-order valence-electron chi connectivity index (χ3n) is 3.21. The largest absolute Gasteiger partial charge is 0.388 e. The maximum absolute atomic E-state index is 11.4. The molecule has 1 fully saturated rings. The summed E-state index contributed by atoms with van der Waals surface area (Å²) in [6.45, 7) is 8.60. The molecule has 1 atom stereocenters. The number of nitrogens with zero attached hydrogens (tertiary/aromatic N) is 1. The maximum Gasteiger partial charge on any atom is 0.149 e. The van der Waals surface area contributed by atoms with Crippen molar-refractivity contribution in [2.75, 3.05) is 13.1 Å². The molecule has 0 aromatic carbocycles. The molecule has 3 nitrogen and oxygen atoms in total. The average Bonchev–Trinajstić information content (AvgIpc) is 1.98. The van der Waals surface area contributed by atoms with E-state index in [0.29, 0.717) is 13.1 Å². The predicted octanol–water partition coefficient (Wildman–Crippen LogP) is 0.811. The van der Waals surface area contributed by atoms with Crippen LogP contribution in [-0.4, -0.2) is 40.0 Å². The van der Waals surface area contributed by atoms with Gasteiger partial charge >= 0.3 is 0 Å². The van der Waals surface area contributed by atoms with Crippen LogP contribution in [0.4, 0.5) is 0 Å². The summed E-state index contributed by atoms with van der Waals surface area (Å²) >= 11 is 0. The third kappa shape index (κ3) is 1.76. The molecule has 1 aliphatic rings. The number of β-amino-alcohol motifs (C(OH)–C–C–N with tert-alkyl or cyclic N) is 1. The molecule has 1 unspecified atom stereocenters. The van der Waals surface area contributed by atoms with Crippen LogP contribution in [0.1, 0.15) is 34.1 Å². The van der Waals surface area contributed by atoms with Gasteiger partial charge in [-0.05, 0) is 27.2 Å². The molecule has 0 aromatic rings. The van der Waals surface area contributed by atoms with Crippen molar-refractivity contribution in [3.63, 3.8) is 0 Å². The third-order valence-corrected chi connectivity index (χ3v) is 3.21. The predicted molar refractivity (Wildman–Crippen MR) is 51.6 cm³/mol. The van der Waals surface area contributed by atoms with Crippen LogP contribution in [-0.2, 0) is 4.79 Å². The highest BCUT2D eigenvalue weighted by Gasteiger charge is 2.47. The Kier molecular flexibility index (Phi) is 2.52. The molecule has 0 saturated carbocycles. The van der Waals surface area contributed by atoms with Gasteiger partial charge in [0.25, 0.3) is 0 Å². The van der Waals surface area contributed by atoms with Crippen LogP contribution in [0, 0.1) is 0 Å². The van der Waals surface area contributed by atoms with Gasteiger partial charge in [0.05, 0.1) is 11.1 Å². The fraction of sp³-hybridized carbons (Fsp3) is 0.900. The van der Waals surface area contributed by atoms with Crippen molar-refractivity contribution in [3.8, 4) is 0 Å². The van der Waals surface area contributed by atoms with Crippen LogP contribution in [0.5, 0.6) is 0 Å². The van der Waals surface area contributed by atoms with Crippen molar-refractivity contribution in [2.24, 2.45) is 0 Å². The summed E-state index contributed by atoms with van der Waals surface area (Å²) in [5.74, 6) is 0.186. The molecule has 0 spiro atoms. The topological polar surface area (TPSA) is 40.5 Å². The van der Waals surface area contributed by atoms with Gasteiger partial charge in [-0.2, -0.15) is 0 Å². The Balaban J connectivity index is 2.66. The van der Waals surface area contributed by atoms with Gasteiger partial charge in [-0.25, -0.2) is 0 Å². The highest BCUT2D eigenvalue weighted by atomic mass is 16.3. The molecule has 0 amide bonds. The zero-order valence-corrected chi connectivity index (χ0v) is 8.92. The first-order valence-electron chi connectivity index (χ1n) is 4.80. The Morgan fingerprint density at radius 1 is 1.62 bits per heavy atom. The molecule has 1 aliphatic heterocycles. The van der Waals surface area contributed by atoms with E-state index in [1.807, 2.05) is 13.8 Å². The van der Waals surface area contributed by atoms with Gasteiger partial charge in [-0.3, -0.25) is 9.69 Å². The van der Waals surface area contributed by atoms with E-state index in [1.165, 1.54) is 0 Å². The standard InChI is InChI=1S/C10H19NO2/c1-5-10(4,8(2)12)11-6-9(3,13)7-11/h13H,5-7H2,1-4H3. The van der Waals surface area contributed by atoms with Crippen LogP contribution in [0.15, 0.2) is 0 Å². The van der Waals surface area contributed by atoms with Gasteiger partial charge in [-0.15, -0.1) is 0 Å². The van der Waals surface area contributed by atoms with E-state index in [9.17, 15) is 9.90 Å². The summed E-state index contributed by atoms with van der Waals surface area (Å²) in [5, 5.41) is 9.57. The molecule has 1 N–H and O–H groups in total. The lowest BCUT2D eigenvalue weighted by Crippen LogP contribution is -2.68. The fourth-order valence-corrected chi connectivity index (χ4v) is 1.82. The van der Waals surface area contributed by atoms with Crippen LogP contribution in [0.3, 0.4) is 0 Å². The molecule has 76 valence electrons. The minimum Gasteiger partial charge on any atom is -0.388 e. The highest BCUT2D eigenvalue weighted by Crippen LogP contribution is 2.31. The Labute approximate surface area is 79.7 Å². The number of Topliss-reactive ketones (excluding diaryl/α,β-unsaturated/α-hetero) is 1. The lowest BCUT2D eigenvalue weighted by atomic mass is 9.84. The number of carbonyl (C=O) groups excluding carboxylic acids is 1. The molecule has 0 aromatic heterocycles. The first-order chi connectivity index (χ1) is 5.82. The Bertz CT molecular complexity index is 217. The van der Waals surface area contributed by atoms with Crippen molar-refractivity contribution in [3.05, 3.63) is 0 Å². The van der Waals surface area contributed by atoms with Crippen LogP contribution >= 0.6 is 0 Å². The SMILES string of the molecule is CCC(C)(C(C)=O)N1CC(C)(O)C1. The van der Waals surface area contributed by atoms with Crippen molar-refractivity contribution in [1.29, 1.82) is 0 Å². The molecule has 1 saturated heterocycles. The lowest BCUT2D eigenvalue weighted by molar-refractivity contribution is -0.152. The number of likely N-dealkylation sites (tertiary alicyclic amines) is 1. The monoisotopic (exact) mass is 185 g/mol. The van der Waals surface area contributed by atoms with Gasteiger partial charge < -0.3 is 5.11 Å². The molecular weight excluding hydrogens is 166 g/mol. The summed E-state index contributed by atoms with van der Waals surface area (Å²) in [5.41, 5.74) is -0.964. The summed E-state index contributed by atoms with van der Waals surface area (Å²) in [6.07, 6.45) is 0.804. The van der Waals surface area contributed by atoms with E-state index in [2.05, 4.69) is 4.90 Å². The van der Waals surface area contributed by atoms with Crippen molar-refractivity contribution in [1.82, 2.24) is 4.90 Å². The first kappa shape index (κ1) is 10.7. The van der Waals surface area contributed by atoms with E-state index < -0.39 is 5.60 Å². The van der Waals surface area contributed by atoms with E-state index in [1.54, 1.807) is 13.8 Å². The summed E-state index contributed by atoms with van der Waals surface area (Å²) in [4.78, 5) is 13.5. The summed E-state index contributed by atoms with van der Waals surface area (Å²) < 4.78 is 0. The second-order valence-electron chi connectivity index (χ2n) is 4.54. The van der Waals surface area contributed by atoms with Gasteiger partial charge in [0.1, 0.15) is 5.78 Å². The molecule has 0 aliphatic carbocycles. The van der Waals surface area contributed by atoms with Crippen LogP contribution in [0.2, 0.25) is 0 Å². The minimum atomic E-state index is -0.591. The first-order valence-corrected chi connectivity index (χ1v) is 4.80. The van der Waals surface area contributed by atoms with E-state index in [4.69, 9.17) is 0 Å². The molecule has 0 bridgehead atoms. The quantitative estimate of drug-likeness (QED) is 0.707. The van der Waals surface area contributed by atoms with E-state index in [0.717, 1.165) is 6.42 Å². The molecule has 0 radical (unpaired) electrons. The number of rotatable bonds is 3. The lowest BCUT2D eigenvalue weighted by Gasteiger charge is -2.52. The number of ketones is 1. The van der Waals surface area contributed by atoms with Crippen molar-refractivity contribution >= 4 is 5.78 Å². The second kappa shape index (κ2) is 3.07. The van der Waals surface area contributed by atoms with Crippen LogP contribution in [0.25, 0.3) is 0 Å². The fourth-order valence-electron chi connectivity index (χ4n) is 1.82. The van der Waals surface area contributed by atoms with Gasteiger partial charge in [0, 0.05) is 13.1 Å². The Hall–Kier alpha value is -0.410. The summed E-state index contributed by atoms with van der Waals surface area (Å²) in [7, 11) is 0. The van der Waals surface area contributed by atoms with Crippen LogP contribution < -0.4 is 0 Å². The van der Waals surface area contributed by atoms with Gasteiger partial charge in [0.15, 0.2) is 0 Å². The summed E-state index contributed by atoms with van der Waals surface area (Å²) in [6, 6.07) is 0. The Morgan fingerprint density at radius 2 is 2.08 bits per heavy atom. The smallest absolute Gasteiger partial charge is 0.149 e. The van der Waals surface area contributed by atoms with Crippen molar-refractivity contribution in [2.45, 2.75) is 45.3 Å². The number of hydrogen-bond donors (Lipinski definition) is 1. The zero-order valence-electron chi connectivity index (χ0n) is 8.92. The number of carbonyl (C=O) groups is 1. The molecule has 1 rings (SSSR count). The zero-order chi connectivity index (χ0) is 10.3. The van der Waals surface area contributed by atoms with Gasteiger partial charge in [-0.1, -0.05) is 6.92 Å². The molecule has 13 heavy (non-hydrogen) atoms. The minimum absolute atomic E-state index is 0.186. The molecule has 1 heterocycles. The highest BCUT2D eigenvalue weighted by molar-refractivity contribution is 5.85. The number of hydrogen-bond acceptors (Lipinski definition) is 3. The van der Waals surface area contributed by atoms with E-state index >= 15 is 0 Å². The second-order valence-corrected chi connectivity index (χ2v) is 4.54. The average molecular weight is 185 g/mol. The van der Waals surface area contributed by atoms with Gasteiger partial charge in [0.2, 0.25) is 0 Å². The maximum atomic E-state index is 11.4. The normalized spacial score (nSPS) is 26.2. The Morgan fingerprint density at radius 3 is 2.31 bits per heavy atom. The molecule has 3 heteroatoms. The number of aliphatic hydroxyl groups is 1. The van der Waals surface area contributed by atoms with E-state index in [-0.39, 0.29) is 11.3 Å². The molecular formula is C10H19NO2.